The first-order valence-electron chi connectivity index (χ1n) is 2.48. The first-order chi connectivity index (χ1) is 4.66. The Hall–Kier alpha value is -0.910. The minimum Gasteiger partial charge on any atom is -0.353 e. The molecule has 0 rings (SSSR count). The minimum atomic E-state index is -0.598. The summed E-state index contributed by atoms with van der Waals surface area (Å²) in [5.74, 6) is -0.270. The van der Waals surface area contributed by atoms with Crippen LogP contribution in [0.2, 0.25) is 0 Å². The third-order valence-electron chi connectivity index (χ3n) is 0.507. The average Bonchev–Trinajstić information content (AvgIpc) is 1.87. The van der Waals surface area contributed by atoms with Crippen molar-refractivity contribution in [1.29, 1.82) is 0 Å². The maximum atomic E-state index is 10.3. The van der Waals surface area contributed by atoms with Gasteiger partial charge in [-0.3, -0.25) is 9.52 Å². The molecule has 0 aliphatic carbocycles. The Morgan fingerprint density at radius 3 is 2.50 bits per heavy atom. The van der Waals surface area contributed by atoms with Crippen LogP contribution in [0, 0.1) is 0 Å². The molecular weight excluding hydrogens is 156 g/mol. The van der Waals surface area contributed by atoms with Gasteiger partial charge in [-0.1, -0.05) is 0 Å². The van der Waals surface area contributed by atoms with Crippen LogP contribution in [0.3, 0.4) is 0 Å². The van der Waals surface area contributed by atoms with Crippen molar-refractivity contribution in [1.82, 2.24) is 10.0 Å². The summed E-state index contributed by atoms with van der Waals surface area (Å²) in [6, 6.07) is 0. The van der Waals surface area contributed by atoms with E-state index >= 15 is 0 Å². The number of carbonyl (C=O) groups excluding carboxylic acids is 2. The lowest BCUT2D eigenvalue weighted by molar-refractivity contribution is -0.117. The molecule has 0 unspecified atom stereocenters. The van der Waals surface area contributed by atoms with E-state index in [0.717, 1.165) is 0 Å². The maximum Gasteiger partial charge on any atom is 0.420 e. The van der Waals surface area contributed by atoms with Crippen molar-refractivity contribution < 1.29 is 13.8 Å². The molecule has 2 amide bonds. The standard InChI is InChI=1S/C4H8N2O3S/c1-3(7)6-10-9-4(8)5-2/h1-2H3,(H,5,8)(H,6,7). The van der Waals surface area contributed by atoms with Gasteiger partial charge in [-0.25, -0.2) is 4.79 Å². The Morgan fingerprint density at radius 2 is 2.10 bits per heavy atom. The molecule has 58 valence electrons. The van der Waals surface area contributed by atoms with Crippen LogP contribution in [-0.2, 0) is 8.98 Å². The van der Waals surface area contributed by atoms with E-state index in [1.54, 1.807) is 0 Å². The molecule has 0 aliphatic rings. The Labute approximate surface area is 62.8 Å². The normalized spacial score (nSPS) is 8.20. The van der Waals surface area contributed by atoms with E-state index in [0.29, 0.717) is 12.2 Å². The van der Waals surface area contributed by atoms with E-state index in [1.807, 2.05) is 0 Å². The predicted molar refractivity (Wildman–Crippen MR) is 36.9 cm³/mol. The molecule has 0 heterocycles. The fourth-order valence-corrected chi connectivity index (χ4v) is 0.477. The number of carbonyl (C=O) groups is 2. The Bertz CT molecular complexity index is 138. The second-order valence-corrected chi connectivity index (χ2v) is 1.90. The molecule has 0 spiro atoms. The fourth-order valence-electron chi connectivity index (χ4n) is 0.159. The molecular formula is C4H8N2O3S. The average molecular weight is 164 g/mol. The zero-order valence-corrected chi connectivity index (χ0v) is 6.45. The molecule has 0 fully saturated rings. The molecule has 0 aromatic carbocycles. The highest BCUT2D eigenvalue weighted by molar-refractivity contribution is 7.93. The zero-order valence-electron chi connectivity index (χ0n) is 5.63. The number of hydrogen-bond acceptors (Lipinski definition) is 4. The minimum absolute atomic E-state index is 0.270. The molecule has 6 heteroatoms. The fraction of sp³-hybridized carbons (Fsp3) is 0.500. The van der Waals surface area contributed by atoms with E-state index in [1.165, 1.54) is 14.0 Å². The maximum absolute atomic E-state index is 10.3. The van der Waals surface area contributed by atoms with Crippen LogP contribution in [0.25, 0.3) is 0 Å². The molecule has 0 radical (unpaired) electrons. The topological polar surface area (TPSA) is 67.4 Å². The lowest BCUT2D eigenvalue weighted by atomic mass is 10.8. The summed E-state index contributed by atoms with van der Waals surface area (Å²) in [5.41, 5.74) is 0. The monoisotopic (exact) mass is 164 g/mol. The lowest BCUT2D eigenvalue weighted by Crippen LogP contribution is -2.19. The van der Waals surface area contributed by atoms with Crippen LogP contribution in [0.1, 0.15) is 6.92 Å². The van der Waals surface area contributed by atoms with Gasteiger partial charge in [0.2, 0.25) is 5.91 Å². The summed E-state index contributed by atoms with van der Waals surface area (Å²) in [7, 11) is 1.43. The molecule has 10 heavy (non-hydrogen) atoms. The number of amides is 2. The van der Waals surface area contributed by atoms with E-state index in [9.17, 15) is 9.59 Å². The van der Waals surface area contributed by atoms with Crippen LogP contribution in [-0.4, -0.2) is 19.0 Å². The molecule has 0 bridgehead atoms. The Balaban J connectivity index is 3.20. The van der Waals surface area contributed by atoms with Crippen LogP contribution >= 0.6 is 12.2 Å². The van der Waals surface area contributed by atoms with Crippen LogP contribution in [0.5, 0.6) is 0 Å². The van der Waals surface area contributed by atoms with E-state index < -0.39 is 6.09 Å². The third kappa shape index (κ3) is 5.23. The van der Waals surface area contributed by atoms with E-state index in [-0.39, 0.29) is 5.91 Å². The van der Waals surface area contributed by atoms with Crippen molar-refractivity contribution in [2.45, 2.75) is 6.92 Å². The lowest BCUT2D eigenvalue weighted by Gasteiger charge is -1.99. The molecule has 2 N–H and O–H groups in total. The summed E-state index contributed by atoms with van der Waals surface area (Å²) < 4.78 is 6.54. The quantitative estimate of drug-likeness (QED) is 0.446. The summed E-state index contributed by atoms with van der Waals surface area (Å²) in [6.45, 7) is 1.32. The van der Waals surface area contributed by atoms with E-state index in [4.69, 9.17) is 0 Å². The summed E-state index contributed by atoms with van der Waals surface area (Å²) in [5, 5.41) is 2.21. The predicted octanol–water partition coefficient (Wildman–Crippen LogP) is 0.0417. The second-order valence-electron chi connectivity index (χ2n) is 1.36. The molecule has 0 aliphatic heterocycles. The van der Waals surface area contributed by atoms with Crippen LogP contribution in [0.15, 0.2) is 0 Å². The first kappa shape index (κ1) is 9.09. The van der Waals surface area contributed by atoms with Gasteiger partial charge in [0.15, 0.2) is 12.2 Å². The van der Waals surface area contributed by atoms with Crippen molar-refractivity contribution in [3.05, 3.63) is 0 Å². The highest BCUT2D eigenvalue weighted by atomic mass is 32.2. The molecule has 0 saturated carbocycles. The summed E-state index contributed by atoms with van der Waals surface area (Å²) in [4.78, 5) is 20.5. The zero-order chi connectivity index (χ0) is 7.98. The van der Waals surface area contributed by atoms with Gasteiger partial charge in [0.1, 0.15) is 0 Å². The second kappa shape index (κ2) is 4.92. The smallest absolute Gasteiger partial charge is 0.353 e. The van der Waals surface area contributed by atoms with Crippen molar-refractivity contribution in [3.63, 3.8) is 0 Å². The van der Waals surface area contributed by atoms with Crippen molar-refractivity contribution in [2.75, 3.05) is 7.05 Å². The highest BCUT2D eigenvalue weighted by Crippen LogP contribution is 1.94. The number of nitrogens with one attached hydrogen (secondary N) is 2. The van der Waals surface area contributed by atoms with Gasteiger partial charge < -0.3 is 9.50 Å². The number of hydrogen-bond donors (Lipinski definition) is 2. The van der Waals surface area contributed by atoms with Crippen molar-refractivity contribution in [2.24, 2.45) is 0 Å². The summed E-state index contributed by atoms with van der Waals surface area (Å²) in [6.07, 6.45) is -0.598. The molecule has 0 aromatic rings. The van der Waals surface area contributed by atoms with Gasteiger partial charge in [0.05, 0.1) is 0 Å². The van der Waals surface area contributed by atoms with Gasteiger partial charge in [-0.2, -0.15) is 0 Å². The molecule has 0 aromatic heterocycles. The molecule has 0 saturated heterocycles. The highest BCUT2D eigenvalue weighted by Gasteiger charge is 1.98. The summed E-state index contributed by atoms with van der Waals surface area (Å²) >= 11 is 0.582. The van der Waals surface area contributed by atoms with E-state index in [2.05, 4.69) is 14.2 Å². The molecule has 0 atom stereocenters. The van der Waals surface area contributed by atoms with Gasteiger partial charge >= 0.3 is 6.09 Å². The Morgan fingerprint density at radius 1 is 1.50 bits per heavy atom. The van der Waals surface area contributed by atoms with Crippen molar-refractivity contribution >= 4 is 24.2 Å². The third-order valence-corrected chi connectivity index (χ3v) is 1.11. The van der Waals surface area contributed by atoms with Crippen LogP contribution < -0.4 is 10.0 Å². The largest absolute Gasteiger partial charge is 0.420 e. The Kier molecular flexibility index (Phi) is 4.47. The van der Waals surface area contributed by atoms with Crippen LogP contribution in [0.4, 0.5) is 4.79 Å². The van der Waals surface area contributed by atoms with Gasteiger partial charge in [0.25, 0.3) is 0 Å². The molecule has 5 nitrogen and oxygen atoms in total. The SMILES string of the molecule is CNC(=O)OSNC(C)=O. The van der Waals surface area contributed by atoms with Crippen molar-refractivity contribution in [3.8, 4) is 0 Å². The first-order valence-corrected chi connectivity index (χ1v) is 3.22. The van der Waals surface area contributed by atoms with Gasteiger partial charge in [-0.15, -0.1) is 0 Å². The number of rotatable bonds is 2. The van der Waals surface area contributed by atoms with Gasteiger partial charge in [-0.05, 0) is 0 Å². The van der Waals surface area contributed by atoms with Gasteiger partial charge in [0, 0.05) is 14.0 Å².